The number of aryl methyl sites for hydroxylation is 1. The van der Waals surface area contributed by atoms with E-state index >= 15 is 0 Å². The van der Waals surface area contributed by atoms with Crippen molar-refractivity contribution in [2.45, 2.75) is 32.3 Å². The number of ether oxygens (including phenoxy) is 1. The van der Waals surface area contributed by atoms with Gasteiger partial charge in [-0.25, -0.2) is 22.0 Å². The minimum Gasteiger partial charge on any atom is -0.429 e. The van der Waals surface area contributed by atoms with Gasteiger partial charge in [-0.3, -0.25) is 0 Å². The maximum absolute atomic E-state index is 14.7. The zero-order valence-electron chi connectivity index (χ0n) is 19.6. The molecule has 4 rings (SSSR count). The molecule has 0 heterocycles. The van der Waals surface area contributed by atoms with Crippen LogP contribution in [0.25, 0.3) is 22.3 Å². The minimum atomic E-state index is -4.64. The molecule has 0 aliphatic heterocycles. The molecule has 0 saturated heterocycles. The van der Waals surface area contributed by atoms with Crippen LogP contribution in [-0.4, -0.2) is 0 Å². The lowest BCUT2D eigenvalue weighted by Gasteiger charge is -2.20. The first-order valence-electron chi connectivity index (χ1n) is 11.5. The molecule has 0 aliphatic carbocycles. The van der Waals surface area contributed by atoms with Gasteiger partial charge in [0.25, 0.3) is 0 Å². The Kier molecular flexibility index (Phi) is 7.57. The van der Waals surface area contributed by atoms with Crippen LogP contribution in [-0.2, 0) is 12.5 Å². The van der Waals surface area contributed by atoms with Crippen LogP contribution >= 0.6 is 0 Å². The van der Waals surface area contributed by atoms with Crippen LogP contribution in [0.2, 0.25) is 0 Å². The number of alkyl halides is 2. The Balaban J connectivity index is 1.57. The summed E-state index contributed by atoms with van der Waals surface area (Å²) in [6.45, 7) is 2.12. The lowest BCUT2D eigenvalue weighted by Crippen LogP contribution is -2.25. The van der Waals surface area contributed by atoms with E-state index in [0.717, 1.165) is 30.4 Å². The Morgan fingerprint density at radius 3 is 1.57 bits per heavy atom. The summed E-state index contributed by atoms with van der Waals surface area (Å²) in [4.78, 5) is 0. The first-order valence-corrected chi connectivity index (χ1v) is 11.5. The highest BCUT2D eigenvalue weighted by atomic mass is 19.3. The third-order valence-electron chi connectivity index (χ3n) is 5.86. The Bertz CT molecular complexity index is 1350. The maximum Gasteiger partial charge on any atom is 0.432 e. The van der Waals surface area contributed by atoms with Crippen molar-refractivity contribution < 1.29 is 35.5 Å². The van der Waals surface area contributed by atoms with E-state index in [0.29, 0.717) is 17.7 Å². The summed E-state index contributed by atoms with van der Waals surface area (Å²) in [7, 11) is 0. The van der Waals surface area contributed by atoms with Crippen LogP contribution in [0.15, 0.2) is 72.8 Å². The zero-order chi connectivity index (χ0) is 26.7. The average molecular weight is 518 g/mol. The molecule has 1 nitrogen and oxygen atoms in total. The molecule has 0 aromatic heterocycles. The summed E-state index contributed by atoms with van der Waals surface area (Å²) in [5, 5.41) is 0. The monoisotopic (exact) mass is 518 g/mol. The van der Waals surface area contributed by atoms with E-state index in [4.69, 9.17) is 0 Å². The molecule has 4 aromatic rings. The van der Waals surface area contributed by atoms with Crippen LogP contribution in [0, 0.1) is 29.1 Å². The summed E-state index contributed by atoms with van der Waals surface area (Å²) in [5.41, 5.74) is 1.66. The quantitative estimate of drug-likeness (QED) is 0.167. The third kappa shape index (κ3) is 5.79. The molecule has 0 atom stereocenters. The normalized spacial score (nSPS) is 11.6. The maximum atomic E-state index is 14.7. The topological polar surface area (TPSA) is 9.23 Å². The van der Waals surface area contributed by atoms with Crippen LogP contribution in [0.3, 0.4) is 0 Å². The van der Waals surface area contributed by atoms with Crippen LogP contribution in [0.5, 0.6) is 5.75 Å². The van der Waals surface area contributed by atoms with E-state index in [2.05, 4.69) is 11.7 Å². The standard InChI is InChI=1S/C29H21F7O/c1-2-3-4-17-5-7-18(8-6-17)19-9-11-20(12-10-19)21-13-23(30)27(24(31)14-21)29(35,36)37-22-15-25(32)28(34)26(33)16-22/h5-16H,2-4H2,1H3. The first kappa shape index (κ1) is 26.3. The van der Waals surface area contributed by atoms with E-state index in [9.17, 15) is 30.7 Å². The third-order valence-corrected chi connectivity index (χ3v) is 5.86. The van der Waals surface area contributed by atoms with Crippen molar-refractivity contribution in [2.24, 2.45) is 0 Å². The summed E-state index contributed by atoms with van der Waals surface area (Å²) in [6, 6.07) is 16.5. The molecule has 0 fully saturated rings. The Labute approximate surface area is 209 Å². The van der Waals surface area contributed by atoms with E-state index in [-0.39, 0.29) is 17.7 Å². The van der Waals surface area contributed by atoms with Gasteiger partial charge in [-0.1, -0.05) is 61.9 Å². The van der Waals surface area contributed by atoms with Crippen molar-refractivity contribution in [2.75, 3.05) is 0 Å². The predicted octanol–water partition coefficient (Wildman–Crippen LogP) is 9.19. The van der Waals surface area contributed by atoms with Crippen LogP contribution < -0.4 is 4.74 Å². The summed E-state index contributed by atoms with van der Waals surface area (Å²) in [6.07, 6.45) is -1.45. The molecule has 0 aliphatic rings. The van der Waals surface area contributed by atoms with Crippen molar-refractivity contribution >= 4 is 0 Å². The van der Waals surface area contributed by atoms with Gasteiger partial charge in [0.05, 0.1) is 0 Å². The van der Waals surface area contributed by atoms with Gasteiger partial charge in [0, 0.05) is 12.1 Å². The Morgan fingerprint density at radius 1 is 0.622 bits per heavy atom. The fourth-order valence-electron chi connectivity index (χ4n) is 3.91. The van der Waals surface area contributed by atoms with Gasteiger partial charge in [-0.2, -0.15) is 8.78 Å². The van der Waals surface area contributed by atoms with Crippen molar-refractivity contribution in [1.29, 1.82) is 0 Å². The second kappa shape index (κ2) is 10.7. The van der Waals surface area contributed by atoms with Gasteiger partial charge in [-0.15, -0.1) is 0 Å². The van der Waals surface area contributed by atoms with Gasteiger partial charge in [0.1, 0.15) is 22.9 Å². The highest BCUT2D eigenvalue weighted by Crippen LogP contribution is 2.38. The summed E-state index contributed by atoms with van der Waals surface area (Å²) >= 11 is 0. The Hall–Kier alpha value is -3.81. The number of halogens is 7. The van der Waals surface area contributed by atoms with E-state index in [1.165, 1.54) is 5.56 Å². The molecular formula is C29H21F7O. The molecule has 8 heteroatoms. The summed E-state index contributed by atoms with van der Waals surface area (Å²) in [5.74, 6) is -9.88. The molecule has 0 unspecified atom stereocenters. The van der Waals surface area contributed by atoms with E-state index < -0.39 is 46.5 Å². The van der Waals surface area contributed by atoms with Gasteiger partial charge >= 0.3 is 6.11 Å². The van der Waals surface area contributed by atoms with E-state index in [1.807, 2.05) is 24.3 Å². The Morgan fingerprint density at radius 2 is 1.08 bits per heavy atom. The molecule has 192 valence electrons. The summed E-state index contributed by atoms with van der Waals surface area (Å²) < 4.78 is 102. The molecule has 0 saturated carbocycles. The van der Waals surface area contributed by atoms with E-state index in [1.54, 1.807) is 24.3 Å². The van der Waals surface area contributed by atoms with Gasteiger partial charge in [0.15, 0.2) is 17.5 Å². The number of unbranched alkanes of at least 4 members (excludes halogenated alkanes) is 1. The highest BCUT2D eigenvalue weighted by Gasteiger charge is 2.41. The fraction of sp³-hybridized carbons (Fsp3) is 0.172. The van der Waals surface area contributed by atoms with Crippen LogP contribution in [0.4, 0.5) is 30.7 Å². The lowest BCUT2D eigenvalue weighted by molar-refractivity contribution is -0.189. The second-order valence-corrected chi connectivity index (χ2v) is 8.51. The fourth-order valence-corrected chi connectivity index (χ4v) is 3.91. The second-order valence-electron chi connectivity index (χ2n) is 8.51. The van der Waals surface area contributed by atoms with Crippen molar-refractivity contribution in [3.8, 4) is 28.0 Å². The molecule has 0 radical (unpaired) electrons. The number of rotatable bonds is 8. The number of benzene rings is 4. The SMILES string of the molecule is CCCCc1ccc(-c2ccc(-c3cc(F)c(C(F)(F)Oc4cc(F)c(F)c(F)c4)c(F)c3)cc2)cc1. The van der Waals surface area contributed by atoms with Crippen molar-refractivity contribution in [3.63, 3.8) is 0 Å². The minimum absolute atomic E-state index is 0.00474. The van der Waals surface area contributed by atoms with Crippen molar-refractivity contribution in [3.05, 3.63) is 113 Å². The molecule has 0 spiro atoms. The van der Waals surface area contributed by atoms with Crippen LogP contribution in [0.1, 0.15) is 30.9 Å². The van der Waals surface area contributed by atoms with Gasteiger partial charge in [-0.05, 0) is 52.8 Å². The largest absolute Gasteiger partial charge is 0.432 e. The van der Waals surface area contributed by atoms with Crippen molar-refractivity contribution in [1.82, 2.24) is 0 Å². The molecule has 4 aromatic carbocycles. The smallest absolute Gasteiger partial charge is 0.429 e. The molecule has 0 bridgehead atoms. The molecule has 0 amide bonds. The lowest BCUT2D eigenvalue weighted by atomic mass is 9.98. The predicted molar refractivity (Wildman–Crippen MR) is 127 cm³/mol. The first-order chi connectivity index (χ1) is 17.6. The number of hydrogen-bond donors (Lipinski definition) is 0. The number of hydrogen-bond acceptors (Lipinski definition) is 1. The average Bonchev–Trinajstić information content (AvgIpc) is 2.85. The highest BCUT2D eigenvalue weighted by molar-refractivity contribution is 5.71. The van der Waals surface area contributed by atoms with Gasteiger partial charge in [0.2, 0.25) is 0 Å². The zero-order valence-corrected chi connectivity index (χ0v) is 19.6. The molecular weight excluding hydrogens is 497 g/mol. The van der Waals surface area contributed by atoms with Gasteiger partial charge < -0.3 is 4.74 Å². The molecule has 37 heavy (non-hydrogen) atoms. The molecule has 0 N–H and O–H groups in total.